The molecule has 142 valence electrons. The Balaban J connectivity index is 1.83. The zero-order valence-electron chi connectivity index (χ0n) is 15.2. The Labute approximate surface area is 149 Å². The minimum Gasteiger partial charge on any atom is -0.394 e. The van der Waals surface area contributed by atoms with Gasteiger partial charge in [0.05, 0.1) is 18.6 Å². The first kappa shape index (κ1) is 18.8. The molecular formula is C19H31NO5. The molecular weight excluding hydrogens is 322 g/mol. The molecule has 2 saturated heterocycles. The first-order valence-corrected chi connectivity index (χ1v) is 9.55. The second kappa shape index (κ2) is 7.35. The average molecular weight is 353 g/mol. The van der Waals surface area contributed by atoms with E-state index in [4.69, 9.17) is 9.47 Å². The molecule has 0 saturated carbocycles. The van der Waals surface area contributed by atoms with Crippen molar-refractivity contribution in [2.45, 2.75) is 75.9 Å². The number of amides is 1. The number of aliphatic hydroxyl groups excluding tert-OH is 2. The fourth-order valence-electron chi connectivity index (χ4n) is 4.61. The van der Waals surface area contributed by atoms with Gasteiger partial charge in [-0.05, 0) is 32.6 Å². The zero-order chi connectivity index (χ0) is 18.1. The van der Waals surface area contributed by atoms with Gasteiger partial charge < -0.3 is 25.0 Å². The topological polar surface area (TPSA) is 88.0 Å². The van der Waals surface area contributed by atoms with Crippen LogP contribution in [0.2, 0.25) is 0 Å². The second-order valence-electron chi connectivity index (χ2n) is 7.75. The number of aliphatic hydroxyl groups is 2. The van der Waals surface area contributed by atoms with E-state index in [0.29, 0.717) is 13.0 Å². The maximum Gasteiger partial charge on any atom is 0.227 e. The van der Waals surface area contributed by atoms with E-state index in [1.807, 2.05) is 13.0 Å². The Bertz CT molecular complexity index is 524. The van der Waals surface area contributed by atoms with E-state index in [0.717, 1.165) is 32.1 Å². The number of hydrogen-bond acceptors (Lipinski definition) is 5. The highest BCUT2D eigenvalue weighted by Gasteiger charge is 2.70. The summed E-state index contributed by atoms with van der Waals surface area (Å²) >= 11 is 0. The summed E-state index contributed by atoms with van der Waals surface area (Å²) in [5, 5.41) is 24.2. The monoisotopic (exact) mass is 353 g/mol. The predicted molar refractivity (Wildman–Crippen MR) is 92.7 cm³/mol. The Morgan fingerprint density at radius 3 is 2.96 bits per heavy atom. The van der Waals surface area contributed by atoms with Crippen LogP contribution in [0.1, 0.15) is 52.4 Å². The summed E-state index contributed by atoms with van der Waals surface area (Å²) in [6.07, 6.45) is 7.96. The van der Waals surface area contributed by atoms with Gasteiger partial charge in [-0.25, -0.2) is 0 Å². The number of hydrogen-bond donors (Lipinski definition) is 3. The summed E-state index contributed by atoms with van der Waals surface area (Å²) in [4.78, 5) is 12.6. The van der Waals surface area contributed by atoms with E-state index < -0.39 is 29.5 Å². The number of allylic oxidation sites excluding steroid dienone is 1. The normalized spacial score (nSPS) is 41.6. The summed E-state index contributed by atoms with van der Waals surface area (Å²) < 4.78 is 11.9. The van der Waals surface area contributed by atoms with Gasteiger partial charge in [0.2, 0.25) is 5.91 Å². The number of fused-ring (bicyclic) bond motifs is 1. The molecule has 3 N–H and O–H groups in total. The first-order valence-electron chi connectivity index (χ1n) is 9.55. The molecule has 6 nitrogen and oxygen atoms in total. The van der Waals surface area contributed by atoms with Crippen molar-refractivity contribution < 1.29 is 24.5 Å². The Morgan fingerprint density at radius 1 is 1.52 bits per heavy atom. The second-order valence-corrected chi connectivity index (χ2v) is 7.75. The van der Waals surface area contributed by atoms with Gasteiger partial charge in [0.25, 0.3) is 0 Å². The molecule has 0 spiro atoms. The van der Waals surface area contributed by atoms with Gasteiger partial charge in [-0.1, -0.05) is 25.5 Å². The lowest BCUT2D eigenvalue weighted by molar-refractivity contribution is -0.206. The van der Waals surface area contributed by atoms with Crippen LogP contribution in [0.3, 0.4) is 0 Å². The largest absolute Gasteiger partial charge is 0.394 e. The summed E-state index contributed by atoms with van der Waals surface area (Å²) in [5.41, 5.74) is -2.19. The molecule has 25 heavy (non-hydrogen) atoms. The van der Waals surface area contributed by atoms with Crippen molar-refractivity contribution in [2.75, 3.05) is 13.2 Å². The van der Waals surface area contributed by atoms with E-state index in [9.17, 15) is 15.0 Å². The summed E-state index contributed by atoms with van der Waals surface area (Å²) in [6, 6.07) is 0. The lowest BCUT2D eigenvalue weighted by atomic mass is 9.69. The highest BCUT2D eigenvalue weighted by Crippen LogP contribution is 2.51. The molecule has 6 heteroatoms. The van der Waals surface area contributed by atoms with Gasteiger partial charge in [0, 0.05) is 18.9 Å². The van der Waals surface area contributed by atoms with Crippen molar-refractivity contribution in [1.82, 2.24) is 5.32 Å². The molecule has 0 aromatic rings. The van der Waals surface area contributed by atoms with Crippen LogP contribution in [-0.2, 0) is 14.3 Å². The van der Waals surface area contributed by atoms with Gasteiger partial charge in [-0.15, -0.1) is 0 Å². The van der Waals surface area contributed by atoms with Crippen LogP contribution in [0, 0.1) is 11.8 Å². The molecule has 1 amide bonds. The van der Waals surface area contributed by atoms with Gasteiger partial charge in [-0.2, -0.15) is 0 Å². The SMILES string of the molecule is CCCCOC1C[C@H]2C(=O)N[C@](CO)([C@@H](O)[C@@H]3C=CCCC3)[C@@]2(C)O1. The third kappa shape index (κ3) is 3.03. The Morgan fingerprint density at radius 2 is 2.32 bits per heavy atom. The van der Waals surface area contributed by atoms with E-state index in [1.165, 1.54) is 0 Å². The van der Waals surface area contributed by atoms with E-state index in [1.54, 1.807) is 0 Å². The molecule has 0 radical (unpaired) electrons. The minimum atomic E-state index is -1.20. The highest BCUT2D eigenvalue weighted by molar-refractivity contribution is 5.85. The van der Waals surface area contributed by atoms with Gasteiger partial charge >= 0.3 is 0 Å². The van der Waals surface area contributed by atoms with Crippen molar-refractivity contribution >= 4 is 5.91 Å². The zero-order valence-corrected chi connectivity index (χ0v) is 15.2. The van der Waals surface area contributed by atoms with Crippen LogP contribution in [0.4, 0.5) is 0 Å². The first-order chi connectivity index (χ1) is 12.0. The number of carbonyl (C=O) groups is 1. The quantitative estimate of drug-likeness (QED) is 0.477. The standard InChI is InChI=1S/C19H31NO5/c1-3-4-10-24-15-11-14-17(23)20-19(12-21,18(14,2)25-15)16(22)13-8-6-5-7-9-13/h6,8,13-16,21-22H,3-5,7,9-12H2,1-2H3,(H,20,23)/t13-,14+,15?,16+,18+,19-/m1/s1. The lowest BCUT2D eigenvalue weighted by Crippen LogP contribution is -2.68. The maximum atomic E-state index is 12.6. The molecule has 0 aromatic carbocycles. The molecule has 1 aliphatic carbocycles. The van der Waals surface area contributed by atoms with Crippen LogP contribution >= 0.6 is 0 Å². The fourth-order valence-corrected chi connectivity index (χ4v) is 4.61. The Kier molecular flexibility index (Phi) is 5.54. The highest BCUT2D eigenvalue weighted by atomic mass is 16.7. The van der Waals surface area contributed by atoms with E-state index >= 15 is 0 Å². The van der Waals surface area contributed by atoms with Crippen LogP contribution < -0.4 is 5.32 Å². The molecule has 6 atom stereocenters. The molecule has 3 aliphatic rings. The van der Waals surface area contributed by atoms with Crippen LogP contribution in [0.5, 0.6) is 0 Å². The lowest BCUT2D eigenvalue weighted by Gasteiger charge is -2.46. The number of ether oxygens (including phenoxy) is 2. The predicted octanol–water partition coefficient (Wildman–Crippen LogP) is 1.50. The number of rotatable bonds is 7. The summed E-state index contributed by atoms with van der Waals surface area (Å²) in [6.45, 7) is 4.14. The number of unbranched alkanes of at least 4 members (excludes halogenated alkanes) is 1. The fraction of sp³-hybridized carbons (Fsp3) is 0.842. The van der Waals surface area contributed by atoms with E-state index in [2.05, 4.69) is 18.3 Å². The molecule has 2 heterocycles. The third-order valence-corrected chi connectivity index (χ3v) is 6.27. The number of carbonyl (C=O) groups excluding carboxylic acids is 1. The average Bonchev–Trinajstić information content (AvgIpc) is 3.07. The molecule has 2 fully saturated rings. The van der Waals surface area contributed by atoms with Crippen molar-refractivity contribution in [1.29, 1.82) is 0 Å². The maximum absolute atomic E-state index is 12.6. The van der Waals surface area contributed by atoms with Gasteiger partial charge in [-0.3, -0.25) is 4.79 Å². The summed E-state index contributed by atoms with van der Waals surface area (Å²) in [5.74, 6) is -0.689. The molecule has 1 unspecified atom stereocenters. The molecule has 0 aromatic heterocycles. The van der Waals surface area contributed by atoms with Crippen LogP contribution in [0.25, 0.3) is 0 Å². The van der Waals surface area contributed by atoms with Crippen molar-refractivity contribution in [2.24, 2.45) is 11.8 Å². The number of nitrogens with one attached hydrogen (secondary N) is 1. The third-order valence-electron chi connectivity index (χ3n) is 6.27. The van der Waals surface area contributed by atoms with Gasteiger partial charge in [0.1, 0.15) is 11.1 Å². The van der Waals surface area contributed by atoms with Crippen molar-refractivity contribution in [3.63, 3.8) is 0 Å². The summed E-state index contributed by atoms with van der Waals surface area (Å²) in [7, 11) is 0. The van der Waals surface area contributed by atoms with Crippen LogP contribution in [-0.4, -0.2) is 52.9 Å². The minimum absolute atomic E-state index is 0.0968. The van der Waals surface area contributed by atoms with Crippen LogP contribution in [0.15, 0.2) is 12.2 Å². The smallest absolute Gasteiger partial charge is 0.227 e. The molecule has 2 aliphatic heterocycles. The van der Waals surface area contributed by atoms with E-state index in [-0.39, 0.29) is 18.4 Å². The van der Waals surface area contributed by atoms with Crippen molar-refractivity contribution in [3.05, 3.63) is 12.2 Å². The Hall–Kier alpha value is -0.950. The molecule has 3 rings (SSSR count). The molecule has 0 bridgehead atoms. The van der Waals surface area contributed by atoms with Gasteiger partial charge in [0.15, 0.2) is 6.29 Å². The van der Waals surface area contributed by atoms with Crippen molar-refractivity contribution in [3.8, 4) is 0 Å².